The summed E-state index contributed by atoms with van der Waals surface area (Å²) in [5.74, 6) is 0.227. The number of carbonyl (C=O) groups excluding carboxylic acids is 2. The molecule has 0 aliphatic heterocycles. The fourth-order valence-corrected chi connectivity index (χ4v) is 1.49. The van der Waals surface area contributed by atoms with E-state index in [2.05, 4.69) is 0 Å². The first-order valence-corrected chi connectivity index (χ1v) is 6.14. The van der Waals surface area contributed by atoms with E-state index in [0.29, 0.717) is 0 Å². The summed E-state index contributed by atoms with van der Waals surface area (Å²) in [6, 6.07) is 14.7. The summed E-state index contributed by atoms with van der Waals surface area (Å²) in [4.78, 5) is 21.7. The smallest absolute Gasteiger partial charge is 0.105 e. The molecule has 0 atom stereocenters. The number of Topliss-reactive ketones (excluding diaryl/α,β-unsaturated/α-hetero) is 1. The Balaban J connectivity index is 0.000000359. The molecule has 2 nitrogen and oxygen atoms in total. The predicted octanol–water partition coefficient (Wildman–Crippen LogP) is 4.16. The van der Waals surface area contributed by atoms with Gasteiger partial charge in [0.25, 0.3) is 0 Å². The first-order valence-electron chi connectivity index (χ1n) is 6.14. The third-order valence-corrected chi connectivity index (χ3v) is 2.44. The molecule has 0 aliphatic carbocycles. The van der Waals surface area contributed by atoms with E-state index < -0.39 is 0 Å². The predicted molar refractivity (Wildman–Crippen MR) is 77.8 cm³/mol. The van der Waals surface area contributed by atoms with Crippen molar-refractivity contribution in [3.05, 3.63) is 71.3 Å². The van der Waals surface area contributed by atoms with Gasteiger partial charge in [0.1, 0.15) is 5.78 Å². The summed E-state index contributed by atoms with van der Waals surface area (Å²) in [7, 11) is 0. The van der Waals surface area contributed by atoms with Gasteiger partial charge in [-0.3, -0.25) is 0 Å². The molecule has 3 heteroatoms. The van der Waals surface area contributed by atoms with Crippen molar-refractivity contribution in [1.82, 2.24) is 0 Å². The molecule has 0 saturated heterocycles. The summed E-state index contributed by atoms with van der Waals surface area (Å²) in [5, 5.41) is 0. The van der Waals surface area contributed by atoms with Crippen LogP contribution in [-0.4, -0.2) is 11.6 Å². The van der Waals surface area contributed by atoms with Gasteiger partial charge in [0, 0.05) is 17.1 Å². The second-order valence-electron chi connectivity index (χ2n) is 4.49. The summed E-state index contributed by atoms with van der Waals surface area (Å²) in [6.45, 7) is 5.40. The van der Waals surface area contributed by atoms with Crippen molar-refractivity contribution < 1.29 is 26.7 Å². The van der Waals surface area contributed by atoms with Crippen LogP contribution in [0.4, 0.5) is 0 Å². The van der Waals surface area contributed by atoms with E-state index in [-0.39, 0.29) is 28.6 Å². The van der Waals surface area contributed by atoms with Gasteiger partial charge in [0.15, 0.2) is 0 Å². The number of carbonyl (C=O) groups is 2. The summed E-state index contributed by atoms with van der Waals surface area (Å²) in [6.07, 6.45) is 1.65. The standard InChI is InChI=1S/C10H11O.C7H7O.Fe/c1-8(2)7-10(11)9-5-3-4-6-9;1-6(8)7-4-2-3-5-7;/h3-7H,1-2H3;2-5H,1H3;/q-5;-1;. The topological polar surface area (TPSA) is 34.1 Å². The number of rotatable bonds is 3. The molecule has 0 amide bonds. The number of hydrogen-bond donors (Lipinski definition) is 0. The van der Waals surface area contributed by atoms with Crippen molar-refractivity contribution in [2.24, 2.45) is 0 Å². The van der Waals surface area contributed by atoms with Crippen LogP contribution in [0.3, 0.4) is 0 Å². The molecule has 0 heterocycles. The van der Waals surface area contributed by atoms with Crippen LogP contribution in [0.2, 0.25) is 0 Å². The first-order chi connectivity index (χ1) is 9.00. The minimum atomic E-state index is 0. The molecular weight excluding hydrogens is 292 g/mol. The molecule has 2 aromatic rings. The van der Waals surface area contributed by atoms with Crippen LogP contribution in [0.25, 0.3) is 0 Å². The van der Waals surface area contributed by atoms with Gasteiger partial charge >= 0.3 is 0 Å². The third kappa shape index (κ3) is 6.46. The molecule has 0 aromatic heterocycles. The van der Waals surface area contributed by atoms with Crippen LogP contribution in [0.1, 0.15) is 41.5 Å². The van der Waals surface area contributed by atoms with E-state index in [1.54, 1.807) is 13.0 Å². The first kappa shape index (κ1) is 18.3. The maximum atomic E-state index is 11.2. The number of ketones is 2. The molecule has 0 unspecified atom stereocenters. The Labute approximate surface area is 130 Å². The quantitative estimate of drug-likeness (QED) is 0.369. The summed E-state index contributed by atoms with van der Waals surface area (Å²) in [5.41, 5.74) is 2.60. The molecule has 0 spiro atoms. The fraction of sp³-hybridized carbons (Fsp3) is 0.176. The van der Waals surface area contributed by atoms with Gasteiger partial charge in [-0.1, -0.05) is 19.4 Å². The Kier molecular flexibility index (Phi) is 8.46. The molecule has 2 rings (SSSR count). The van der Waals surface area contributed by atoms with Crippen LogP contribution in [0.15, 0.2) is 60.2 Å². The molecule has 2 aromatic carbocycles. The molecule has 0 radical (unpaired) electrons. The van der Waals surface area contributed by atoms with E-state index in [1.807, 2.05) is 62.4 Å². The van der Waals surface area contributed by atoms with E-state index >= 15 is 0 Å². The van der Waals surface area contributed by atoms with E-state index in [9.17, 15) is 9.59 Å². The Morgan fingerprint density at radius 1 is 1.00 bits per heavy atom. The SMILES string of the molecule is CC(=O)[c-]1cccc1.CC(C)=CC(=O)[c-]1[cH-][cH-][cH-][cH-]1.[Fe]. The largest absolute Gasteiger partial charge is 0.645 e. The van der Waals surface area contributed by atoms with E-state index in [1.165, 1.54) is 0 Å². The van der Waals surface area contributed by atoms with E-state index in [0.717, 1.165) is 16.7 Å². The van der Waals surface area contributed by atoms with Crippen molar-refractivity contribution in [3.63, 3.8) is 0 Å². The summed E-state index contributed by atoms with van der Waals surface area (Å²) < 4.78 is 0. The van der Waals surface area contributed by atoms with Gasteiger partial charge in [-0.2, -0.15) is 12.1 Å². The number of allylic oxidation sites excluding steroid dienone is 2. The second-order valence-corrected chi connectivity index (χ2v) is 4.49. The molecule has 0 fully saturated rings. The van der Waals surface area contributed by atoms with Gasteiger partial charge in [-0.05, 0) is 6.92 Å². The van der Waals surface area contributed by atoms with Crippen LogP contribution < -0.4 is 0 Å². The van der Waals surface area contributed by atoms with Gasteiger partial charge < -0.3 is 51.3 Å². The van der Waals surface area contributed by atoms with Crippen LogP contribution in [-0.2, 0) is 17.1 Å². The zero-order chi connectivity index (χ0) is 14.3. The average molecular weight is 310 g/mol. The average Bonchev–Trinajstić information content (AvgIpc) is 3.03. The molecular formula is C17H18FeO2-6. The molecule has 0 aliphatic rings. The molecule has 0 N–H and O–H groups in total. The maximum absolute atomic E-state index is 11.2. The fourth-order valence-electron chi connectivity index (χ4n) is 1.49. The van der Waals surface area contributed by atoms with Crippen molar-refractivity contribution in [2.75, 3.05) is 0 Å². The minimum Gasteiger partial charge on any atom is -0.645 e. The zero-order valence-electron chi connectivity index (χ0n) is 11.9. The van der Waals surface area contributed by atoms with Gasteiger partial charge in [0.05, 0.1) is 0 Å². The van der Waals surface area contributed by atoms with Gasteiger partial charge in [-0.15, -0.1) is 0 Å². The van der Waals surface area contributed by atoms with Crippen molar-refractivity contribution in [2.45, 2.75) is 20.8 Å². The Morgan fingerprint density at radius 2 is 1.50 bits per heavy atom. The van der Waals surface area contributed by atoms with Crippen molar-refractivity contribution in [3.8, 4) is 0 Å². The zero-order valence-corrected chi connectivity index (χ0v) is 13.0. The Hall–Kier alpha value is -1.70. The molecule has 20 heavy (non-hydrogen) atoms. The molecule has 0 bridgehead atoms. The maximum Gasteiger partial charge on any atom is 0.105 e. The summed E-state index contributed by atoms with van der Waals surface area (Å²) >= 11 is 0. The Morgan fingerprint density at radius 3 is 1.85 bits per heavy atom. The van der Waals surface area contributed by atoms with Crippen LogP contribution in [0.5, 0.6) is 0 Å². The van der Waals surface area contributed by atoms with E-state index in [4.69, 9.17) is 0 Å². The number of hydrogen-bond acceptors (Lipinski definition) is 2. The molecule has 112 valence electrons. The normalized spacial score (nSPS) is 8.75. The van der Waals surface area contributed by atoms with Crippen LogP contribution >= 0.6 is 0 Å². The second kappa shape index (κ2) is 9.24. The minimum absolute atomic E-state index is 0. The van der Waals surface area contributed by atoms with Gasteiger partial charge in [-0.25, -0.2) is 17.7 Å². The Bertz CT molecular complexity index is 542. The van der Waals surface area contributed by atoms with Crippen LogP contribution in [0, 0.1) is 0 Å². The molecule has 0 saturated carbocycles. The van der Waals surface area contributed by atoms with Gasteiger partial charge in [0.2, 0.25) is 0 Å². The van der Waals surface area contributed by atoms with Crippen molar-refractivity contribution >= 4 is 11.6 Å². The van der Waals surface area contributed by atoms with Crippen molar-refractivity contribution in [1.29, 1.82) is 0 Å². The monoisotopic (exact) mass is 310 g/mol. The third-order valence-electron chi connectivity index (χ3n) is 2.44.